The van der Waals surface area contributed by atoms with Gasteiger partial charge < -0.3 is 4.74 Å². The van der Waals surface area contributed by atoms with E-state index in [2.05, 4.69) is 4.99 Å². The minimum absolute atomic E-state index is 0.148. The van der Waals surface area contributed by atoms with Crippen LogP contribution in [0, 0.1) is 11.7 Å². The van der Waals surface area contributed by atoms with Crippen LogP contribution < -0.4 is 4.90 Å². The third kappa shape index (κ3) is 1.99. The van der Waals surface area contributed by atoms with E-state index < -0.39 is 41.3 Å². The molecule has 3 heterocycles. The van der Waals surface area contributed by atoms with E-state index in [1.807, 2.05) is 19.9 Å². The lowest BCUT2D eigenvalue weighted by Crippen LogP contribution is -2.43. The molecule has 0 bridgehead atoms. The number of hydrogen-bond acceptors (Lipinski definition) is 4. The number of nitrogens with zero attached hydrogens (tertiary/aromatic N) is 2. The number of dihydropyridines is 1. The smallest absolute Gasteiger partial charge is 0.263 e. The molecule has 124 valence electrons. The molecule has 0 unspecified atom stereocenters. The van der Waals surface area contributed by atoms with Gasteiger partial charge in [-0.1, -0.05) is 11.6 Å². The number of halogens is 2. The fourth-order valence-electron chi connectivity index (χ4n) is 3.72. The van der Waals surface area contributed by atoms with Gasteiger partial charge in [0, 0.05) is 6.21 Å². The van der Waals surface area contributed by atoms with E-state index in [1.54, 1.807) is 6.21 Å². The van der Waals surface area contributed by atoms with Crippen LogP contribution in [0.15, 0.2) is 34.8 Å². The minimum Gasteiger partial charge on any atom is -0.355 e. The molecule has 24 heavy (non-hydrogen) atoms. The lowest BCUT2D eigenvalue weighted by atomic mass is 9.85. The summed E-state index contributed by atoms with van der Waals surface area (Å²) in [5.41, 5.74) is 0.393. The van der Waals surface area contributed by atoms with Crippen LogP contribution in [0.25, 0.3) is 0 Å². The predicted octanol–water partition coefficient (Wildman–Crippen LogP) is 2.53. The van der Waals surface area contributed by atoms with Gasteiger partial charge in [0.15, 0.2) is 6.10 Å². The Morgan fingerprint density at radius 1 is 1.33 bits per heavy atom. The molecular weight excluding hydrogens is 335 g/mol. The van der Waals surface area contributed by atoms with Gasteiger partial charge in [0.2, 0.25) is 5.91 Å². The van der Waals surface area contributed by atoms with Gasteiger partial charge in [0.05, 0.1) is 22.7 Å². The Hall–Kier alpha value is -2.05. The molecule has 1 aromatic rings. The first kappa shape index (κ1) is 15.5. The zero-order chi connectivity index (χ0) is 17.2. The Balaban J connectivity index is 1.73. The zero-order valence-electron chi connectivity index (χ0n) is 13.0. The van der Waals surface area contributed by atoms with Crippen molar-refractivity contribution in [1.82, 2.24) is 0 Å². The Labute approximate surface area is 142 Å². The van der Waals surface area contributed by atoms with Crippen LogP contribution in [0.3, 0.4) is 0 Å². The molecule has 0 aliphatic carbocycles. The number of imide groups is 1. The van der Waals surface area contributed by atoms with Crippen LogP contribution in [-0.2, 0) is 14.3 Å². The number of rotatable bonds is 1. The maximum Gasteiger partial charge on any atom is 0.263 e. The summed E-state index contributed by atoms with van der Waals surface area (Å²) in [4.78, 5) is 31.0. The number of amides is 2. The Kier molecular flexibility index (Phi) is 3.21. The van der Waals surface area contributed by atoms with Crippen molar-refractivity contribution in [2.75, 3.05) is 4.90 Å². The highest BCUT2D eigenvalue weighted by Crippen LogP contribution is 2.46. The number of fused-ring (bicyclic) bond motifs is 3. The van der Waals surface area contributed by atoms with Gasteiger partial charge >= 0.3 is 0 Å². The molecule has 3 aliphatic heterocycles. The van der Waals surface area contributed by atoms with E-state index in [0.29, 0.717) is 0 Å². The number of allylic oxidation sites excluding steroid dienone is 1. The number of anilines is 1. The molecule has 4 atom stereocenters. The van der Waals surface area contributed by atoms with Crippen LogP contribution in [0.2, 0.25) is 5.02 Å². The molecule has 0 radical (unpaired) electrons. The molecular formula is C17H14ClFN2O3. The molecule has 0 N–H and O–H groups in total. The standard InChI is InChI=1S/C17H14ClFN2O3/c1-8-6-17(2)14(20-7-8)12-13(24-17)16(23)21(15(12)22)9-3-4-11(19)10(18)5-9/h3-7,12-14H,1-2H3/t12-,13-,14-,17-/m0/s1. The number of carbonyl (C=O) groups is 2. The average molecular weight is 349 g/mol. The molecule has 3 aliphatic rings. The number of benzene rings is 1. The van der Waals surface area contributed by atoms with Crippen LogP contribution in [0.4, 0.5) is 10.1 Å². The topological polar surface area (TPSA) is 59.0 Å². The van der Waals surface area contributed by atoms with Crippen molar-refractivity contribution < 1.29 is 18.7 Å². The lowest BCUT2D eigenvalue weighted by molar-refractivity contribution is -0.130. The SMILES string of the molecule is CC1=C[C@]2(C)O[C@@H]3C(=O)N(c4ccc(F)c(Cl)c4)C(=O)[C@@H]3[C@@H]2N=C1. The first-order valence-corrected chi connectivity index (χ1v) is 7.93. The Bertz CT molecular complexity index is 837. The third-order valence-electron chi connectivity index (χ3n) is 4.72. The minimum atomic E-state index is -0.893. The highest BCUT2D eigenvalue weighted by atomic mass is 35.5. The summed E-state index contributed by atoms with van der Waals surface area (Å²) in [5, 5.41) is -0.148. The Morgan fingerprint density at radius 3 is 2.79 bits per heavy atom. The first-order valence-electron chi connectivity index (χ1n) is 7.55. The van der Waals surface area contributed by atoms with E-state index in [1.165, 1.54) is 12.1 Å². The van der Waals surface area contributed by atoms with Crippen LogP contribution in [0.5, 0.6) is 0 Å². The second-order valence-electron chi connectivity index (χ2n) is 6.47. The molecule has 1 aromatic carbocycles. The highest BCUT2D eigenvalue weighted by Gasteiger charge is 2.64. The molecule has 4 rings (SSSR count). The molecule has 5 nitrogen and oxygen atoms in total. The van der Waals surface area contributed by atoms with Gasteiger partial charge in [-0.25, -0.2) is 9.29 Å². The predicted molar refractivity (Wildman–Crippen MR) is 86.7 cm³/mol. The quantitative estimate of drug-likeness (QED) is 0.733. The van der Waals surface area contributed by atoms with Gasteiger partial charge in [-0.3, -0.25) is 14.6 Å². The highest BCUT2D eigenvalue weighted by molar-refractivity contribution is 6.31. The Morgan fingerprint density at radius 2 is 2.08 bits per heavy atom. The average Bonchev–Trinajstić information content (AvgIpc) is 2.93. The van der Waals surface area contributed by atoms with Crippen molar-refractivity contribution in [3.63, 3.8) is 0 Å². The van der Waals surface area contributed by atoms with E-state index in [-0.39, 0.29) is 10.7 Å². The summed E-state index contributed by atoms with van der Waals surface area (Å²) in [5.74, 6) is -2.16. The van der Waals surface area contributed by atoms with Gasteiger partial charge in [0.1, 0.15) is 11.4 Å². The molecule has 0 spiro atoms. The third-order valence-corrected chi connectivity index (χ3v) is 5.01. The maximum absolute atomic E-state index is 13.3. The monoisotopic (exact) mass is 348 g/mol. The molecule has 7 heteroatoms. The number of ether oxygens (including phenoxy) is 1. The second kappa shape index (κ2) is 4.97. The van der Waals surface area contributed by atoms with Crippen LogP contribution >= 0.6 is 11.6 Å². The van der Waals surface area contributed by atoms with E-state index in [0.717, 1.165) is 16.5 Å². The number of carbonyl (C=O) groups excluding carboxylic acids is 2. The van der Waals surface area contributed by atoms with Crippen molar-refractivity contribution >= 4 is 35.3 Å². The van der Waals surface area contributed by atoms with Crippen molar-refractivity contribution in [2.24, 2.45) is 10.9 Å². The summed E-state index contributed by atoms with van der Waals surface area (Å²) in [6, 6.07) is 3.29. The maximum atomic E-state index is 13.3. The fraction of sp³-hybridized carbons (Fsp3) is 0.353. The van der Waals surface area contributed by atoms with Gasteiger partial charge in [0.25, 0.3) is 5.91 Å². The molecule has 0 saturated carbocycles. The zero-order valence-corrected chi connectivity index (χ0v) is 13.7. The van der Waals surface area contributed by atoms with Crippen molar-refractivity contribution in [1.29, 1.82) is 0 Å². The molecule has 2 fully saturated rings. The van der Waals surface area contributed by atoms with Crippen molar-refractivity contribution in [3.05, 3.63) is 40.7 Å². The fourth-order valence-corrected chi connectivity index (χ4v) is 3.89. The lowest BCUT2D eigenvalue weighted by Gasteiger charge is -2.30. The van der Waals surface area contributed by atoms with Crippen LogP contribution in [-0.4, -0.2) is 35.8 Å². The van der Waals surface area contributed by atoms with E-state index >= 15 is 0 Å². The largest absolute Gasteiger partial charge is 0.355 e. The van der Waals surface area contributed by atoms with E-state index in [4.69, 9.17) is 16.3 Å². The number of hydrogen-bond donors (Lipinski definition) is 0. The summed E-state index contributed by atoms with van der Waals surface area (Å²) in [7, 11) is 0. The normalized spacial score (nSPS) is 34.4. The van der Waals surface area contributed by atoms with Crippen molar-refractivity contribution in [3.8, 4) is 0 Å². The summed E-state index contributed by atoms with van der Waals surface area (Å²) in [6.45, 7) is 3.72. The molecule has 2 amide bonds. The summed E-state index contributed by atoms with van der Waals surface area (Å²) in [6.07, 6.45) is 2.69. The molecule has 2 saturated heterocycles. The first-order chi connectivity index (χ1) is 11.3. The molecule has 0 aromatic heterocycles. The second-order valence-corrected chi connectivity index (χ2v) is 6.88. The van der Waals surface area contributed by atoms with Gasteiger partial charge in [-0.2, -0.15) is 0 Å². The summed E-state index contributed by atoms with van der Waals surface area (Å²) < 4.78 is 19.3. The van der Waals surface area contributed by atoms with E-state index in [9.17, 15) is 14.0 Å². The van der Waals surface area contributed by atoms with Crippen LogP contribution in [0.1, 0.15) is 13.8 Å². The number of aliphatic imine (C=N–C) groups is 1. The summed E-state index contributed by atoms with van der Waals surface area (Å²) >= 11 is 5.77. The van der Waals surface area contributed by atoms with Gasteiger partial charge in [-0.05, 0) is 43.7 Å². The van der Waals surface area contributed by atoms with Gasteiger partial charge in [-0.15, -0.1) is 0 Å². The van der Waals surface area contributed by atoms with Crippen molar-refractivity contribution in [2.45, 2.75) is 31.6 Å².